The van der Waals surface area contributed by atoms with Crippen LogP contribution in [-0.2, 0) is 11.3 Å². The Morgan fingerprint density at radius 1 is 0.963 bits per heavy atom. The Bertz CT molecular complexity index is 773. The third-order valence-electron chi connectivity index (χ3n) is 4.16. The first kappa shape index (κ1) is 20.4. The molecule has 2 aromatic rings. The molecule has 0 aliphatic heterocycles. The average molecular weight is 373 g/mol. The predicted molar refractivity (Wildman–Crippen MR) is 104 cm³/mol. The summed E-state index contributed by atoms with van der Waals surface area (Å²) in [7, 11) is 4.69. The van der Waals surface area contributed by atoms with Gasteiger partial charge in [-0.1, -0.05) is 26.0 Å². The van der Waals surface area contributed by atoms with Gasteiger partial charge in [0.05, 0.1) is 21.3 Å². The molecule has 2 rings (SSSR count). The highest BCUT2D eigenvalue weighted by Gasteiger charge is 2.13. The van der Waals surface area contributed by atoms with E-state index in [0.717, 1.165) is 5.56 Å². The van der Waals surface area contributed by atoms with Crippen molar-refractivity contribution in [2.45, 2.75) is 26.3 Å². The molecule has 0 bridgehead atoms. The number of nitrogens with one attached hydrogen (secondary N) is 1. The second-order valence-corrected chi connectivity index (χ2v) is 6.31. The van der Waals surface area contributed by atoms with Crippen molar-refractivity contribution in [3.05, 3.63) is 47.5 Å². The topological polar surface area (TPSA) is 66.0 Å². The zero-order valence-electron chi connectivity index (χ0n) is 16.5. The number of carbonyl (C=O) groups is 1. The van der Waals surface area contributed by atoms with Crippen LogP contribution in [0, 0.1) is 0 Å². The summed E-state index contributed by atoms with van der Waals surface area (Å²) in [5.41, 5.74) is 1.95. The number of amides is 1. The molecular formula is C21H27NO5. The molecule has 1 amide bonds. The molecule has 0 atom stereocenters. The molecule has 0 heterocycles. The largest absolute Gasteiger partial charge is 0.496 e. The minimum atomic E-state index is -0.221. The van der Waals surface area contributed by atoms with Gasteiger partial charge in [-0.25, -0.2) is 0 Å². The molecule has 0 unspecified atom stereocenters. The third kappa shape index (κ3) is 5.54. The smallest absolute Gasteiger partial charge is 0.258 e. The highest BCUT2D eigenvalue weighted by atomic mass is 16.5. The van der Waals surface area contributed by atoms with Gasteiger partial charge in [-0.2, -0.15) is 0 Å². The van der Waals surface area contributed by atoms with Crippen LogP contribution in [0.1, 0.15) is 30.9 Å². The van der Waals surface area contributed by atoms with E-state index in [9.17, 15) is 4.79 Å². The maximum Gasteiger partial charge on any atom is 0.258 e. The van der Waals surface area contributed by atoms with E-state index < -0.39 is 0 Å². The SMILES string of the molecule is COc1cc(OC)c(OC)cc1CNC(=O)COc1cccc(C(C)C)c1. The Labute approximate surface area is 160 Å². The van der Waals surface area contributed by atoms with E-state index in [1.807, 2.05) is 24.3 Å². The molecule has 0 aromatic heterocycles. The summed E-state index contributed by atoms with van der Waals surface area (Å²) < 4.78 is 21.5. The minimum absolute atomic E-state index is 0.0584. The number of rotatable bonds is 9. The second kappa shape index (κ2) is 9.71. The molecule has 0 aliphatic rings. The minimum Gasteiger partial charge on any atom is -0.496 e. The molecular weight excluding hydrogens is 346 g/mol. The average Bonchev–Trinajstić information content (AvgIpc) is 2.70. The highest BCUT2D eigenvalue weighted by Crippen LogP contribution is 2.34. The summed E-state index contributed by atoms with van der Waals surface area (Å²) in [5.74, 6) is 2.61. The lowest BCUT2D eigenvalue weighted by Crippen LogP contribution is -2.28. The first-order valence-electron chi connectivity index (χ1n) is 8.76. The molecule has 0 saturated heterocycles. The van der Waals surface area contributed by atoms with Gasteiger partial charge < -0.3 is 24.3 Å². The molecule has 6 heteroatoms. The summed E-state index contributed by atoms with van der Waals surface area (Å²) in [6, 6.07) is 11.3. The van der Waals surface area contributed by atoms with E-state index in [-0.39, 0.29) is 19.1 Å². The molecule has 0 radical (unpaired) electrons. The van der Waals surface area contributed by atoms with E-state index in [0.29, 0.717) is 28.9 Å². The number of carbonyl (C=O) groups excluding carboxylic acids is 1. The fourth-order valence-electron chi connectivity index (χ4n) is 2.59. The number of hydrogen-bond donors (Lipinski definition) is 1. The molecule has 0 aliphatic carbocycles. The van der Waals surface area contributed by atoms with Gasteiger partial charge in [0, 0.05) is 18.2 Å². The third-order valence-corrected chi connectivity index (χ3v) is 4.16. The maximum atomic E-state index is 12.2. The van der Waals surface area contributed by atoms with Crippen LogP contribution in [0.3, 0.4) is 0 Å². The number of hydrogen-bond acceptors (Lipinski definition) is 5. The molecule has 0 saturated carbocycles. The molecule has 1 N–H and O–H groups in total. The summed E-state index contributed by atoms with van der Waals surface area (Å²) in [5, 5.41) is 2.83. The van der Waals surface area contributed by atoms with E-state index in [2.05, 4.69) is 19.2 Å². The normalized spacial score (nSPS) is 10.4. The van der Waals surface area contributed by atoms with Crippen molar-refractivity contribution in [3.63, 3.8) is 0 Å². The lowest BCUT2D eigenvalue weighted by Gasteiger charge is -2.15. The van der Waals surface area contributed by atoms with Crippen molar-refractivity contribution >= 4 is 5.91 Å². The van der Waals surface area contributed by atoms with E-state index in [1.54, 1.807) is 33.5 Å². The van der Waals surface area contributed by atoms with Crippen LogP contribution in [0.25, 0.3) is 0 Å². The first-order valence-corrected chi connectivity index (χ1v) is 8.76. The molecule has 0 spiro atoms. The lowest BCUT2D eigenvalue weighted by atomic mass is 10.0. The van der Waals surface area contributed by atoms with Gasteiger partial charge in [-0.3, -0.25) is 4.79 Å². The highest BCUT2D eigenvalue weighted by molar-refractivity contribution is 5.77. The van der Waals surface area contributed by atoms with Crippen molar-refractivity contribution in [1.82, 2.24) is 5.32 Å². The summed E-state index contributed by atoms with van der Waals surface area (Å²) >= 11 is 0. The molecule has 0 fully saturated rings. The Morgan fingerprint density at radius 2 is 1.63 bits per heavy atom. The van der Waals surface area contributed by atoms with Gasteiger partial charge in [0.2, 0.25) is 0 Å². The summed E-state index contributed by atoms with van der Waals surface area (Å²) in [6.07, 6.45) is 0. The van der Waals surface area contributed by atoms with E-state index in [4.69, 9.17) is 18.9 Å². The van der Waals surface area contributed by atoms with Crippen molar-refractivity contribution in [3.8, 4) is 23.0 Å². The van der Waals surface area contributed by atoms with Crippen molar-refractivity contribution in [2.24, 2.45) is 0 Å². The van der Waals surface area contributed by atoms with E-state index >= 15 is 0 Å². The Hall–Kier alpha value is -2.89. The molecule has 27 heavy (non-hydrogen) atoms. The van der Waals surface area contributed by atoms with Crippen LogP contribution in [0.15, 0.2) is 36.4 Å². The number of methoxy groups -OCH3 is 3. The Morgan fingerprint density at radius 3 is 2.26 bits per heavy atom. The van der Waals surface area contributed by atoms with E-state index in [1.165, 1.54) is 5.56 Å². The van der Waals surface area contributed by atoms with Gasteiger partial charge in [0.25, 0.3) is 5.91 Å². The summed E-state index contributed by atoms with van der Waals surface area (Å²) in [6.45, 7) is 4.46. The van der Waals surface area contributed by atoms with Gasteiger partial charge in [0.15, 0.2) is 18.1 Å². The van der Waals surface area contributed by atoms with Crippen molar-refractivity contribution < 1.29 is 23.7 Å². The number of ether oxygens (including phenoxy) is 4. The number of benzene rings is 2. The zero-order chi connectivity index (χ0) is 19.8. The van der Waals surface area contributed by atoms with Crippen LogP contribution >= 0.6 is 0 Å². The van der Waals surface area contributed by atoms with Gasteiger partial charge in [-0.15, -0.1) is 0 Å². The Kier molecular flexibility index (Phi) is 7.34. The Balaban J connectivity index is 1.96. The van der Waals surface area contributed by atoms with Crippen LogP contribution in [0.4, 0.5) is 0 Å². The van der Waals surface area contributed by atoms with Crippen molar-refractivity contribution in [1.29, 1.82) is 0 Å². The van der Waals surface area contributed by atoms with Crippen LogP contribution in [-0.4, -0.2) is 33.8 Å². The standard InChI is InChI=1S/C21H27NO5/c1-14(2)15-7-6-8-17(9-15)27-13-21(23)22-12-16-10-19(25-4)20(26-5)11-18(16)24-3/h6-11,14H,12-13H2,1-5H3,(H,22,23). The maximum absolute atomic E-state index is 12.2. The van der Waals surface area contributed by atoms with Crippen molar-refractivity contribution in [2.75, 3.05) is 27.9 Å². The molecule has 2 aromatic carbocycles. The van der Waals surface area contributed by atoms with Gasteiger partial charge in [-0.05, 0) is 29.7 Å². The molecule has 6 nitrogen and oxygen atoms in total. The van der Waals surface area contributed by atoms with Gasteiger partial charge >= 0.3 is 0 Å². The molecule has 146 valence electrons. The first-order chi connectivity index (χ1) is 13.0. The quantitative estimate of drug-likeness (QED) is 0.728. The monoisotopic (exact) mass is 373 g/mol. The fourth-order valence-corrected chi connectivity index (χ4v) is 2.59. The lowest BCUT2D eigenvalue weighted by molar-refractivity contribution is -0.123. The summed E-state index contributed by atoms with van der Waals surface area (Å²) in [4.78, 5) is 12.2. The fraction of sp³-hybridized carbons (Fsp3) is 0.381. The van der Waals surface area contributed by atoms with Crippen LogP contribution in [0.5, 0.6) is 23.0 Å². The van der Waals surface area contributed by atoms with Crippen LogP contribution < -0.4 is 24.3 Å². The zero-order valence-corrected chi connectivity index (χ0v) is 16.5. The van der Waals surface area contributed by atoms with Gasteiger partial charge in [0.1, 0.15) is 11.5 Å². The predicted octanol–water partition coefficient (Wildman–Crippen LogP) is 3.53. The van der Waals surface area contributed by atoms with Crippen LogP contribution in [0.2, 0.25) is 0 Å². The second-order valence-electron chi connectivity index (χ2n) is 6.31.